The fourth-order valence-corrected chi connectivity index (χ4v) is 3.72. The number of nitrogens with zero attached hydrogens (tertiary/aromatic N) is 2. The molecule has 4 N–H and O–H groups in total. The summed E-state index contributed by atoms with van der Waals surface area (Å²) in [6, 6.07) is 0. The third-order valence-corrected chi connectivity index (χ3v) is 6.14. The van der Waals surface area contributed by atoms with Gasteiger partial charge in [0.15, 0.2) is 5.96 Å². The van der Waals surface area contributed by atoms with Crippen LogP contribution in [0, 0.1) is 5.92 Å². The van der Waals surface area contributed by atoms with Gasteiger partial charge >= 0.3 is 15.5 Å². The van der Waals surface area contributed by atoms with Crippen LogP contribution in [-0.2, 0) is 20.0 Å². The van der Waals surface area contributed by atoms with Crippen molar-refractivity contribution in [2.75, 3.05) is 38.5 Å². The number of hydrogen-bond acceptors (Lipinski definition) is 5. The summed E-state index contributed by atoms with van der Waals surface area (Å²) in [6.45, 7) is 2.27. The molecule has 0 saturated carbocycles. The Morgan fingerprint density at radius 3 is 2.19 bits per heavy atom. The molecule has 15 heteroatoms. The van der Waals surface area contributed by atoms with Crippen molar-refractivity contribution in [3.8, 4) is 0 Å². The zero-order valence-electron chi connectivity index (χ0n) is 14.7. The molecule has 0 amide bonds. The summed E-state index contributed by atoms with van der Waals surface area (Å²) in [5.41, 5.74) is -5.29. The Kier molecular flexibility index (Phi) is 10.8. The molecule has 27 heavy (non-hydrogen) atoms. The molecule has 1 saturated heterocycles. The van der Waals surface area contributed by atoms with Crippen LogP contribution >= 0.6 is 24.0 Å². The summed E-state index contributed by atoms with van der Waals surface area (Å²) in [5, 5.41) is 10.6. The van der Waals surface area contributed by atoms with E-state index < -0.39 is 25.6 Å². The van der Waals surface area contributed by atoms with Crippen LogP contribution in [0.15, 0.2) is 4.99 Å². The third-order valence-electron chi connectivity index (χ3n) is 3.74. The van der Waals surface area contributed by atoms with Crippen LogP contribution in [0.5, 0.6) is 0 Å². The van der Waals surface area contributed by atoms with Gasteiger partial charge in [-0.3, -0.25) is 4.99 Å². The normalized spacial score (nSPS) is 18.0. The highest BCUT2D eigenvalue weighted by atomic mass is 127. The predicted molar refractivity (Wildman–Crippen MR) is 107 cm³/mol. The van der Waals surface area contributed by atoms with E-state index in [4.69, 9.17) is 5.14 Å². The molecule has 0 aromatic carbocycles. The summed E-state index contributed by atoms with van der Waals surface area (Å²) < 4.78 is 82.6. The molecule has 0 aliphatic carbocycles. The van der Waals surface area contributed by atoms with Crippen molar-refractivity contribution in [1.82, 2.24) is 14.9 Å². The van der Waals surface area contributed by atoms with E-state index in [1.54, 1.807) is 0 Å². The van der Waals surface area contributed by atoms with E-state index in [1.807, 2.05) is 6.92 Å². The van der Waals surface area contributed by atoms with E-state index in [9.17, 15) is 30.0 Å². The van der Waals surface area contributed by atoms with Gasteiger partial charge in [0.05, 0.1) is 5.75 Å². The fourth-order valence-electron chi connectivity index (χ4n) is 2.35. The third kappa shape index (κ3) is 9.10. The van der Waals surface area contributed by atoms with Crippen LogP contribution in [0.1, 0.15) is 19.8 Å². The average Bonchev–Trinajstić information content (AvgIpc) is 2.50. The molecular weight excluding hydrogens is 526 g/mol. The summed E-state index contributed by atoms with van der Waals surface area (Å²) in [7, 11) is -8.89. The molecule has 162 valence electrons. The number of primary sulfonamides is 1. The van der Waals surface area contributed by atoms with Gasteiger partial charge in [-0.05, 0) is 25.7 Å². The lowest BCUT2D eigenvalue weighted by molar-refractivity contribution is -0.0496. The van der Waals surface area contributed by atoms with Gasteiger partial charge in [-0.15, -0.1) is 24.0 Å². The maximum Gasteiger partial charge on any atom is 0.511 e. The van der Waals surface area contributed by atoms with E-state index in [-0.39, 0.29) is 74.7 Å². The molecular formula is C12H25F3IN5O4S2. The molecule has 0 bridgehead atoms. The van der Waals surface area contributed by atoms with E-state index in [0.29, 0.717) is 16.8 Å². The highest BCUT2D eigenvalue weighted by Gasteiger charge is 2.50. The molecule has 1 fully saturated rings. The Morgan fingerprint density at radius 2 is 1.74 bits per heavy atom. The summed E-state index contributed by atoms with van der Waals surface area (Å²) >= 11 is 0. The minimum atomic E-state index is -5.29. The average molecular weight is 551 g/mol. The topological polar surface area (TPSA) is 134 Å². The molecule has 0 unspecified atom stereocenters. The number of piperidine rings is 1. The number of guanidine groups is 1. The maximum atomic E-state index is 12.5. The highest BCUT2D eigenvalue weighted by Crippen LogP contribution is 2.30. The lowest BCUT2D eigenvalue weighted by Crippen LogP contribution is -2.45. The molecule has 0 aromatic heterocycles. The fraction of sp³-hybridized carbons (Fsp3) is 0.917. The van der Waals surface area contributed by atoms with Crippen LogP contribution in [0.25, 0.3) is 0 Å². The second kappa shape index (κ2) is 11.0. The van der Waals surface area contributed by atoms with E-state index in [1.165, 1.54) is 0 Å². The SMILES string of the molecule is CCNC(=NCC1CCN(S(=O)(=O)C(F)(F)F)CC1)NCCS(N)(=O)=O.I. The van der Waals surface area contributed by atoms with E-state index in [2.05, 4.69) is 15.6 Å². The number of nitrogens with two attached hydrogens (primary N) is 1. The van der Waals surface area contributed by atoms with Crippen molar-refractivity contribution in [2.45, 2.75) is 25.3 Å². The molecule has 0 radical (unpaired) electrons. The van der Waals surface area contributed by atoms with E-state index >= 15 is 0 Å². The second-order valence-electron chi connectivity index (χ2n) is 5.81. The van der Waals surface area contributed by atoms with Crippen molar-refractivity contribution >= 4 is 50.0 Å². The minimum absolute atomic E-state index is 0. The molecule has 1 heterocycles. The molecule has 1 aliphatic rings. The van der Waals surface area contributed by atoms with Gasteiger partial charge in [0.1, 0.15) is 0 Å². The lowest BCUT2D eigenvalue weighted by atomic mass is 9.98. The smallest absolute Gasteiger partial charge is 0.357 e. The van der Waals surface area contributed by atoms with Crippen molar-refractivity contribution < 1.29 is 30.0 Å². The number of sulfonamides is 2. The summed E-state index contributed by atoms with van der Waals surface area (Å²) in [5.74, 6) is 0.0235. The standard InChI is InChI=1S/C12H24F3N5O4S2.HI/c1-2-17-11(18-5-8-25(16,21)22)19-9-10-3-6-20(7-4-10)26(23,24)12(13,14)15;/h10H,2-9H2,1H3,(H2,16,21,22)(H2,17,18,19);1H. The Labute approximate surface area is 174 Å². The Balaban J connectivity index is 0.00000676. The number of aliphatic imine (C=N–C) groups is 1. The Hall–Kier alpha value is -0.390. The Bertz CT molecular complexity index is 692. The maximum absolute atomic E-state index is 12.5. The summed E-state index contributed by atoms with van der Waals surface area (Å²) in [6.07, 6.45) is 0.519. The second-order valence-corrected chi connectivity index (χ2v) is 9.47. The van der Waals surface area contributed by atoms with Crippen LogP contribution in [0.2, 0.25) is 0 Å². The van der Waals surface area contributed by atoms with Gasteiger partial charge in [-0.2, -0.15) is 17.5 Å². The van der Waals surface area contributed by atoms with Crippen molar-refractivity contribution in [1.29, 1.82) is 0 Å². The first kappa shape index (κ1) is 26.6. The van der Waals surface area contributed by atoms with Gasteiger partial charge in [0.25, 0.3) is 0 Å². The largest absolute Gasteiger partial charge is 0.511 e. The lowest BCUT2D eigenvalue weighted by Gasteiger charge is -2.30. The van der Waals surface area contributed by atoms with Crippen LogP contribution < -0.4 is 15.8 Å². The number of halogens is 4. The van der Waals surface area contributed by atoms with Crippen molar-refractivity contribution in [3.05, 3.63) is 0 Å². The van der Waals surface area contributed by atoms with Gasteiger partial charge in [-0.25, -0.2) is 22.0 Å². The van der Waals surface area contributed by atoms with Crippen LogP contribution in [0.3, 0.4) is 0 Å². The quantitative estimate of drug-likeness (QED) is 0.232. The Morgan fingerprint density at radius 1 is 1.19 bits per heavy atom. The number of alkyl halides is 3. The molecule has 9 nitrogen and oxygen atoms in total. The van der Waals surface area contributed by atoms with Crippen LogP contribution in [-0.4, -0.2) is 71.1 Å². The van der Waals surface area contributed by atoms with Crippen molar-refractivity contribution in [2.24, 2.45) is 16.0 Å². The predicted octanol–water partition coefficient (Wildman–Crippen LogP) is 0.00960. The van der Waals surface area contributed by atoms with Gasteiger partial charge in [0.2, 0.25) is 10.0 Å². The van der Waals surface area contributed by atoms with Crippen LogP contribution in [0.4, 0.5) is 13.2 Å². The van der Waals surface area contributed by atoms with Gasteiger partial charge in [0, 0.05) is 32.7 Å². The van der Waals surface area contributed by atoms with Gasteiger partial charge in [-0.1, -0.05) is 0 Å². The number of hydrogen-bond donors (Lipinski definition) is 3. The molecule has 1 aliphatic heterocycles. The van der Waals surface area contributed by atoms with Gasteiger partial charge < -0.3 is 10.6 Å². The first-order chi connectivity index (χ1) is 11.9. The first-order valence-corrected chi connectivity index (χ1v) is 11.1. The zero-order valence-corrected chi connectivity index (χ0v) is 18.7. The molecule has 0 aromatic rings. The minimum Gasteiger partial charge on any atom is -0.357 e. The molecule has 1 rings (SSSR count). The monoisotopic (exact) mass is 551 g/mol. The first-order valence-electron chi connectivity index (χ1n) is 7.96. The van der Waals surface area contributed by atoms with Crippen molar-refractivity contribution in [3.63, 3.8) is 0 Å². The van der Waals surface area contributed by atoms with E-state index in [0.717, 1.165) is 0 Å². The number of nitrogens with one attached hydrogen (secondary N) is 2. The highest BCUT2D eigenvalue weighted by molar-refractivity contribution is 14.0. The molecule has 0 spiro atoms. The zero-order chi connectivity index (χ0) is 20.0. The molecule has 0 atom stereocenters. The summed E-state index contributed by atoms with van der Waals surface area (Å²) in [4.78, 5) is 4.26. The number of rotatable bonds is 7.